The van der Waals surface area contributed by atoms with Crippen LogP contribution in [0.5, 0.6) is 11.5 Å². The highest BCUT2D eigenvalue weighted by Gasteiger charge is 2.24. The summed E-state index contributed by atoms with van der Waals surface area (Å²) < 4.78 is 32.5. The Kier molecular flexibility index (Phi) is 14.3. The predicted octanol–water partition coefficient (Wildman–Crippen LogP) is 6.13. The molecule has 2 aromatic carbocycles. The molecule has 2 fully saturated rings. The van der Waals surface area contributed by atoms with Crippen LogP contribution < -0.4 is 20.9 Å². The molecular weight excluding hydrogens is 915 g/mol. The minimum atomic E-state index is -0.559. The molecule has 2 aliphatic heterocycles. The molecule has 4 N–H and O–H groups in total. The number of nitrogens with two attached hydrogens (primary N) is 2. The van der Waals surface area contributed by atoms with E-state index in [1.54, 1.807) is 18.2 Å². The Hall–Kier alpha value is -7.19. The quantitative estimate of drug-likeness (QED) is 0.0651. The van der Waals surface area contributed by atoms with E-state index in [1.807, 2.05) is 60.6 Å². The molecule has 0 unspecified atom stereocenters. The lowest BCUT2D eigenvalue weighted by atomic mass is 10.1. The Labute approximate surface area is 417 Å². The number of ether oxygens (including phenoxy) is 4. The van der Waals surface area contributed by atoms with Crippen molar-refractivity contribution in [2.45, 2.75) is 66.7 Å². The van der Waals surface area contributed by atoms with Crippen molar-refractivity contribution in [3.05, 3.63) is 89.4 Å². The van der Waals surface area contributed by atoms with Crippen molar-refractivity contribution in [3.63, 3.8) is 0 Å². The Balaban J connectivity index is 1.06. The van der Waals surface area contributed by atoms with Crippen LogP contribution in [0.2, 0.25) is 0 Å². The van der Waals surface area contributed by atoms with E-state index in [9.17, 15) is 9.59 Å². The number of carbonyl (C=O) groups is 2. The molecule has 10 rings (SSSR count). The fourth-order valence-corrected chi connectivity index (χ4v) is 10.1. The standard InChI is InChI=1S/C53H63N13O6/c1-5-65-43(27-34(3)59-65)42-12-11-38-39-29-36(49(54)67)31-45(71-21-9-13-61-17-23-69-24-18-61)47(39)63(52(38)57-42)15-7-8-16-64-48-40(41-33-56-51(58-53(41)64)44-28-35(4)60-66(44)6-2)30-37(50(55)68)32-46(48)72-22-10-14-62-19-25-70-26-20-62/h7-8,11-12,27-33H,5-6,9-10,13-26H2,1-4H3,(H2,54,67)(H2,55,68)/b8-7+. The number of morpholine rings is 2. The van der Waals surface area contributed by atoms with Gasteiger partial charge in [0.15, 0.2) is 5.82 Å². The van der Waals surface area contributed by atoms with Gasteiger partial charge in [-0.25, -0.2) is 15.0 Å². The van der Waals surface area contributed by atoms with Crippen molar-refractivity contribution in [1.82, 2.24) is 53.4 Å². The Morgan fingerprint density at radius 1 is 0.639 bits per heavy atom. The molecule has 2 amide bonds. The highest BCUT2D eigenvalue weighted by molar-refractivity contribution is 6.13. The summed E-state index contributed by atoms with van der Waals surface area (Å²) in [6, 6.07) is 15.2. The molecule has 0 bridgehead atoms. The first-order valence-electron chi connectivity index (χ1n) is 25.1. The number of fused-ring (bicyclic) bond motifs is 6. The number of allylic oxidation sites excluding steroid dienone is 2. The fraction of sp³-hybridized carbons (Fsp3) is 0.415. The number of aromatic nitrogens is 9. The Bertz CT molecular complexity index is 3100. The van der Waals surface area contributed by atoms with Gasteiger partial charge in [0.25, 0.3) is 0 Å². The average Bonchev–Trinajstić information content (AvgIpc) is 4.15. The molecule has 19 nitrogen and oxygen atoms in total. The molecular formula is C53H63N13O6. The SMILES string of the molecule is CCn1nc(C)cc1-c1ccc2c3cc(C(N)=O)cc(OCCCN4CCOCC4)c3n(C/C=C/Cn3c4nc(-c5cc(C)nn5CC)ncc4c4cc(C(N)=O)cc(OCCCN5CCOCC5)c43)c2n1. The smallest absolute Gasteiger partial charge is 0.248 e. The van der Waals surface area contributed by atoms with Gasteiger partial charge in [0.2, 0.25) is 11.8 Å². The van der Waals surface area contributed by atoms with Gasteiger partial charge in [-0.05, 0) is 89.1 Å². The summed E-state index contributed by atoms with van der Waals surface area (Å²) >= 11 is 0. The number of hydrogen-bond donors (Lipinski definition) is 2. The first kappa shape index (κ1) is 48.4. The highest BCUT2D eigenvalue weighted by Crippen LogP contribution is 2.39. The molecule has 2 saturated heterocycles. The van der Waals surface area contributed by atoms with E-state index in [1.165, 1.54) is 0 Å². The van der Waals surface area contributed by atoms with Crippen LogP contribution in [-0.4, -0.2) is 144 Å². The molecule has 2 aliphatic rings. The number of hydrogen-bond acceptors (Lipinski definition) is 13. The number of amides is 2. The lowest BCUT2D eigenvalue weighted by molar-refractivity contribution is 0.0357. The van der Waals surface area contributed by atoms with E-state index in [-0.39, 0.29) is 0 Å². The maximum absolute atomic E-state index is 12.9. The molecule has 19 heteroatoms. The van der Waals surface area contributed by atoms with Gasteiger partial charge < -0.3 is 39.5 Å². The molecule has 0 aliphatic carbocycles. The van der Waals surface area contributed by atoms with Crippen LogP contribution >= 0.6 is 0 Å². The fourth-order valence-electron chi connectivity index (χ4n) is 10.1. The highest BCUT2D eigenvalue weighted by atomic mass is 16.5. The van der Waals surface area contributed by atoms with E-state index in [2.05, 4.69) is 49.2 Å². The van der Waals surface area contributed by atoms with Crippen molar-refractivity contribution < 1.29 is 28.5 Å². The zero-order valence-corrected chi connectivity index (χ0v) is 41.6. The molecule has 72 heavy (non-hydrogen) atoms. The van der Waals surface area contributed by atoms with Crippen molar-refractivity contribution in [2.75, 3.05) is 78.9 Å². The Morgan fingerprint density at radius 3 is 1.67 bits per heavy atom. The van der Waals surface area contributed by atoms with Gasteiger partial charge in [-0.1, -0.05) is 12.2 Å². The molecule has 0 radical (unpaired) electrons. The zero-order chi connectivity index (χ0) is 49.9. The summed E-state index contributed by atoms with van der Waals surface area (Å²) in [5, 5.41) is 12.6. The number of nitrogens with zero attached hydrogens (tertiary/aromatic N) is 11. The van der Waals surface area contributed by atoms with Crippen LogP contribution in [0.25, 0.3) is 66.8 Å². The van der Waals surface area contributed by atoms with Gasteiger partial charge in [0.05, 0.1) is 73.5 Å². The number of primary amides is 2. The van der Waals surface area contributed by atoms with Crippen molar-refractivity contribution in [1.29, 1.82) is 0 Å². The van der Waals surface area contributed by atoms with Crippen LogP contribution in [0, 0.1) is 13.8 Å². The third-order valence-electron chi connectivity index (χ3n) is 13.6. The molecule has 8 aromatic rings. The summed E-state index contributed by atoms with van der Waals surface area (Å²) in [6.45, 7) is 19.1. The molecule has 0 spiro atoms. The first-order chi connectivity index (χ1) is 35.1. The minimum absolute atomic E-state index is 0.332. The summed E-state index contributed by atoms with van der Waals surface area (Å²) in [5.74, 6) is 0.516. The molecule has 0 saturated carbocycles. The van der Waals surface area contributed by atoms with Crippen LogP contribution in [0.15, 0.2) is 66.9 Å². The lowest BCUT2D eigenvalue weighted by Crippen LogP contribution is -2.37. The van der Waals surface area contributed by atoms with E-state index in [0.29, 0.717) is 73.5 Å². The van der Waals surface area contributed by atoms with Crippen LogP contribution in [0.4, 0.5) is 0 Å². The maximum Gasteiger partial charge on any atom is 0.248 e. The van der Waals surface area contributed by atoms with E-state index in [4.69, 9.17) is 50.5 Å². The number of pyridine rings is 1. The number of benzene rings is 2. The van der Waals surface area contributed by atoms with Gasteiger partial charge in [-0.2, -0.15) is 10.2 Å². The third-order valence-corrected chi connectivity index (χ3v) is 13.6. The van der Waals surface area contributed by atoms with Crippen molar-refractivity contribution in [2.24, 2.45) is 11.5 Å². The van der Waals surface area contributed by atoms with Crippen molar-refractivity contribution >= 4 is 55.7 Å². The summed E-state index contributed by atoms with van der Waals surface area (Å²) in [4.78, 5) is 45.9. The van der Waals surface area contributed by atoms with Gasteiger partial charge in [-0.15, -0.1) is 0 Å². The summed E-state index contributed by atoms with van der Waals surface area (Å²) in [5.41, 5.74) is 19.8. The van der Waals surface area contributed by atoms with Crippen LogP contribution in [-0.2, 0) is 35.7 Å². The topological polar surface area (TPSA) is 214 Å². The summed E-state index contributed by atoms with van der Waals surface area (Å²) in [6.07, 6.45) is 7.58. The van der Waals surface area contributed by atoms with E-state index < -0.39 is 11.8 Å². The van der Waals surface area contributed by atoms with Gasteiger partial charge in [0, 0.05) is 104 Å². The number of carbonyl (C=O) groups excluding carboxylic acids is 2. The largest absolute Gasteiger partial charge is 0.491 e. The van der Waals surface area contributed by atoms with E-state index in [0.717, 1.165) is 145 Å². The van der Waals surface area contributed by atoms with Gasteiger partial charge in [0.1, 0.15) is 28.5 Å². The maximum atomic E-state index is 12.9. The number of rotatable bonds is 20. The van der Waals surface area contributed by atoms with E-state index >= 15 is 0 Å². The lowest BCUT2D eigenvalue weighted by Gasteiger charge is -2.26. The second-order valence-electron chi connectivity index (χ2n) is 18.4. The van der Waals surface area contributed by atoms with Gasteiger partial charge in [-0.3, -0.25) is 28.8 Å². The molecule has 8 heterocycles. The first-order valence-corrected chi connectivity index (χ1v) is 25.1. The Morgan fingerprint density at radius 2 is 1.14 bits per heavy atom. The van der Waals surface area contributed by atoms with Crippen LogP contribution in [0.1, 0.15) is 58.8 Å². The predicted molar refractivity (Wildman–Crippen MR) is 276 cm³/mol. The van der Waals surface area contributed by atoms with Gasteiger partial charge >= 0.3 is 0 Å². The number of aryl methyl sites for hydroxylation is 4. The summed E-state index contributed by atoms with van der Waals surface area (Å²) in [7, 11) is 0. The molecule has 0 atom stereocenters. The second kappa shape index (κ2) is 21.3. The normalized spacial score (nSPS) is 15.0. The second-order valence-corrected chi connectivity index (χ2v) is 18.4. The van der Waals surface area contributed by atoms with Crippen molar-refractivity contribution in [3.8, 4) is 34.4 Å². The van der Waals surface area contributed by atoms with Crippen LogP contribution in [0.3, 0.4) is 0 Å². The minimum Gasteiger partial charge on any atom is -0.491 e. The monoisotopic (exact) mass is 978 g/mol. The molecule has 6 aromatic heterocycles. The zero-order valence-electron chi connectivity index (χ0n) is 41.6. The molecule has 376 valence electrons. The average molecular weight is 978 g/mol. The third kappa shape index (κ3) is 9.88.